The zero-order valence-electron chi connectivity index (χ0n) is 15.5. The summed E-state index contributed by atoms with van der Waals surface area (Å²) in [6.45, 7) is 8.71. The van der Waals surface area contributed by atoms with Crippen LogP contribution in [0.25, 0.3) is 0 Å². The molecule has 2 amide bonds. The third kappa shape index (κ3) is 3.08. The fourth-order valence-electron chi connectivity index (χ4n) is 4.32. The molecule has 2 aliphatic rings. The monoisotopic (exact) mass is 341 g/mol. The SMILES string of the molecule is Cc1cccc(C(=O)NCC(=O)N/N=C2/C[C@H]3CC[C@@]2(C)C3(C)C)c1. The summed E-state index contributed by atoms with van der Waals surface area (Å²) in [6, 6.07) is 7.29. The second kappa shape index (κ2) is 6.28. The molecule has 2 aliphatic carbocycles. The normalized spacial score (nSPS) is 28.2. The molecule has 0 radical (unpaired) electrons. The maximum atomic E-state index is 12.1. The number of fused-ring (bicyclic) bond motifs is 2. The van der Waals surface area contributed by atoms with Crippen molar-refractivity contribution in [1.82, 2.24) is 10.7 Å². The smallest absolute Gasteiger partial charge is 0.259 e. The lowest BCUT2D eigenvalue weighted by molar-refractivity contribution is -0.120. The van der Waals surface area contributed by atoms with Crippen LogP contribution in [-0.4, -0.2) is 24.1 Å². The number of hydrogen-bond donors (Lipinski definition) is 2. The summed E-state index contributed by atoms with van der Waals surface area (Å²) in [5.74, 6) is 0.103. The predicted octanol–water partition coefficient (Wildman–Crippen LogP) is 3.04. The molecule has 2 fully saturated rings. The first-order chi connectivity index (χ1) is 11.7. The first kappa shape index (κ1) is 17.6. The van der Waals surface area contributed by atoms with Crippen LogP contribution in [0.15, 0.2) is 29.4 Å². The van der Waals surface area contributed by atoms with Crippen molar-refractivity contribution in [3.05, 3.63) is 35.4 Å². The molecule has 5 heteroatoms. The number of amides is 2. The Labute approximate surface area is 149 Å². The lowest BCUT2D eigenvalue weighted by Gasteiger charge is -2.34. The Morgan fingerprint density at radius 3 is 2.64 bits per heavy atom. The predicted molar refractivity (Wildman–Crippen MR) is 98.3 cm³/mol. The maximum absolute atomic E-state index is 12.1. The van der Waals surface area contributed by atoms with Gasteiger partial charge in [0.25, 0.3) is 11.8 Å². The maximum Gasteiger partial charge on any atom is 0.259 e. The zero-order chi connectivity index (χ0) is 18.2. The molecule has 2 saturated carbocycles. The van der Waals surface area contributed by atoms with E-state index in [0.29, 0.717) is 11.5 Å². The molecule has 0 saturated heterocycles. The number of hydrazone groups is 1. The lowest BCUT2D eigenvalue weighted by atomic mass is 9.70. The minimum absolute atomic E-state index is 0.0652. The number of nitrogens with zero attached hydrogens (tertiary/aromatic N) is 1. The van der Waals surface area contributed by atoms with Crippen molar-refractivity contribution in [2.75, 3.05) is 6.54 Å². The van der Waals surface area contributed by atoms with Crippen LogP contribution in [0, 0.1) is 23.7 Å². The summed E-state index contributed by atoms with van der Waals surface area (Å²) in [6.07, 6.45) is 3.33. The highest BCUT2D eigenvalue weighted by atomic mass is 16.2. The molecule has 25 heavy (non-hydrogen) atoms. The van der Waals surface area contributed by atoms with Gasteiger partial charge in [-0.25, -0.2) is 5.43 Å². The third-order valence-electron chi connectivity index (χ3n) is 6.52. The molecular formula is C20H27N3O2. The van der Waals surface area contributed by atoms with Crippen molar-refractivity contribution in [3.63, 3.8) is 0 Å². The number of aryl methyl sites for hydroxylation is 1. The molecule has 0 unspecified atom stereocenters. The van der Waals surface area contributed by atoms with Crippen molar-refractivity contribution >= 4 is 17.5 Å². The second-order valence-electron chi connectivity index (χ2n) is 8.14. The summed E-state index contributed by atoms with van der Waals surface area (Å²) in [7, 11) is 0. The van der Waals surface area contributed by atoms with E-state index in [2.05, 4.69) is 36.6 Å². The number of carbonyl (C=O) groups is 2. The summed E-state index contributed by atoms with van der Waals surface area (Å²) in [5.41, 5.74) is 5.58. The molecule has 134 valence electrons. The first-order valence-corrected chi connectivity index (χ1v) is 8.95. The van der Waals surface area contributed by atoms with Crippen LogP contribution in [0.4, 0.5) is 0 Å². The Balaban J connectivity index is 1.55. The summed E-state index contributed by atoms with van der Waals surface area (Å²) in [4.78, 5) is 24.1. The van der Waals surface area contributed by atoms with Crippen LogP contribution in [0.2, 0.25) is 0 Å². The van der Waals surface area contributed by atoms with Gasteiger partial charge >= 0.3 is 0 Å². The summed E-state index contributed by atoms with van der Waals surface area (Å²) >= 11 is 0. The quantitative estimate of drug-likeness (QED) is 0.826. The standard InChI is InChI=1S/C20H27N3O2/c1-13-6-5-7-14(10-13)18(25)21-12-17(24)23-22-16-11-15-8-9-20(16,4)19(15,2)3/h5-7,10,15H,8-9,11-12H2,1-4H3,(H,21,25)(H,23,24)/b22-16-/t15-,20-/m1/s1. The number of rotatable bonds is 4. The average molecular weight is 341 g/mol. The van der Waals surface area contributed by atoms with Crippen molar-refractivity contribution in [1.29, 1.82) is 0 Å². The fraction of sp³-hybridized carbons (Fsp3) is 0.550. The minimum atomic E-state index is -0.294. The third-order valence-corrected chi connectivity index (χ3v) is 6.52. The van der Waals surface area contributed by atoms with Crippen molar-refractivity contribution in [2.45, 2.75) is 47.0 Å². The van der Waals surface area contributed by atoms with Gasteiger partial charge in [0.05, 0.1) is 6.54 Å². The van der Waals surface area contributed by atoms with Crippen LogP contribution in [0.1, 0.15) is 56.0 Å². The van der Waals surface area contributed by atoms with E-state index in [0.717, 1.165) is 24.1 Å². The van der Waals surface area contributed by atoms with Gasteiger partial charge in [-0.05, 0) is 49.7 Å². The Morgan fingerprint density at radius 1 is 1.28 bits per heavy atom. The van der Waals surface area contributed by atoms with E-state index in [1.807, 2.05) is 19.1 Å². The van der Waals surface area contributed by atoms with Crippen LogP contribution in [0.3, 0.4) is 0 Å². The van der Waals surface area contributed by atoms with E-state index >= 15 is 0 Å². The van der Waals surface area contributed by atoms with Crippen LogP contribution < -0.4 is 10.7 Å². The molecule has 2 bridgehead atoms. The fourth-order valence-corrected chi connectivity index (χ4v) is 4.32. The number of nitrogens with one attached hydrogen (secondary N) is 2. The second-order valence-corrected chi connectivity index (χ2v) is 8.14. The van der Waals surface area contributed by atoms with Crippen LogP contribution in [-0.2, 0) is 4.79 Å². The Bertz CT molecular complexity index is 738. The Hall–Kier alpha value is -2.17. The van der Waals surface area contributed by atoms with E-state index in [9.17, 15) is 9.59 Å². The molecular weight excluding hydrogens is 314 g/mol. The number of benzene rings is 1. The highest BCUT2D eigenvalue weighted by Gasteiger charge is 2.59. The van der Waals surface area contributed by atoms with E-state index in [1.165, 1.54) is 6.42 Å². The Kier molecular flexibility index (Phi) is 4.43. The van der Waals surface area contributed by atoms with E-state index in [1.54, 1.807) is 12.1 Å². The number of hydrogen-bond acceptors (Lipinski definition) is 3. The molecule has 0 aromatic heterocycles. The largest absolute Gasteiger partial charge is 0.343 e. The van der Waals surface area contributed by atoms with Gasteiger partial charge in [0.1, 0.15) is 0 Å². The van der Waals surface area contributed by atoms with Gasteiger partial charge in [0.15, 0.2) is 0 Å². The summed E-state index contributed by atoms with van der Waals surface area (Å²) < 4.78 is 0. The minimum Gasteiger partial charge on any atom is -0.343 e. The van der Waals surface area contributed by atoms with Gasteiger partial charge in [0, 0.05) is 16.7 Å². The molecule has 5 nitrogen and oxygen atoms in total. The van der Waals surface area contributed by atoms with Gasteiger partial charge in [0.2, 0.25) is 0 Å². The summed E-state index contributed by atoms with van der Waals surface area (Å²) in [5, 5.41) is 7.04. The molecule has 1 aromatic carbocycles. The highest BCUT2D eigenvalue weighted by molar-refractivity contribution is 5.97. The van der Waals surface area contributed by atoms with Crippen molar-refractivity contribution in [2.24, 2.45) is 21.8 Å². The van der Waals surface area contributed by atoms with Gasteiger partial charge < -0.3 is 5.32 Å². The van der Waals surface area contributed by atoms with Crippen molar-refractivity contribution < 1.29 is 9.59 Å². The molecule has 2 N–H and O–H groups in total. The molecule has 0 aliphatic heterocycles. The first-order valence-electron chi connectivity index (χ1n) is 8.95. The lowest BCUT2D eigenvalue weighted by Crippen LogP contribution is -2.37. The number of carbonyl (C=O) groups excluding carboxylic acids is 2. The molecule has 0 heterocycles. The van der Waals surface area contributed by atoms with Gasteiger partial charge in [-0.2, -0.15) is 5.10 Å². The average Bonchev–Trinajstić information content (AvgIpc) is 2.91. The van der Waals surface area contributed by atoms with Crippen LogP contribution in [0.5, 0.6) is 0 Å². The van der Waals surface area contributed by atoms with Gasteiger partial charge in [-0.1, -0.05) is 38.5 Å². The van der Waals surface area contributed by atoms with Crippen LogP contribution >= 0.6 is 0 Å². The van der Waals surface area contributed by atoms with E-state index in [4.69, 9.17) is 0 Å². The molecule has 1 aromatic rings. The Morgan fingerprint density at radius 2 is 2.04 bits per heavy atom. The topological polar surface area (TPSA) is 70.6 Å². The zero-order valence-corrected chi connectivity index (χ0v) is 15.5. The molecule has 0 spiro atoms. The molecule has 3 rings (SSSR count). The van der Waals surface area contributed by atoms with E-state index in [-0.39, 0.29) is 29.2 Å². The van der Waals surface area contributed by atoms with E-state index < -0.39 is 0 Å². The van der Waals surface area contributed by atoms with Gasteiger partial charge in [-0.3, -0.25) is 9.59 Å². The van der Waals surface area contributed by atoms with Gasteiger partial charge in [-0.15, -0.1) is 0 Å². The molecule has 2 atom stereocenters. The van der Waals surface area contributed by atoms with Crippen molar-refractivity contribution in [3.8, 4) is 0 Å². The highest BCUT2D eigenvalue weighted by Crippen LogP contribution is 2.63.